The third-order valence-electron chi connectivity index (χ3n) is 2.98. The molecule has 3 heteroatoms. The van der Waals surface area contributed by atoms with Crippen LogP contribution in [-0.4, -0.2) is 22.7 Å². The molecular formula is C12H18N2O. The molecule has 0 saturated heterocycles. The van der Waals surface area contributed by atoms with Gasteiger partial charge in [0.05, 0.1) is 11.8 Å². The number of aliphatic hydroxyl groups is 1. The molecule has 0 bridgehead atoms. The second kappa shape index (κ2) is 5.24. The topological polar surface area (TPSA) is 45.1 Å². The Hall–Kier alpha value is -0.930. The van der Waals surface area contributed by atoms with Crippen LogP contribution in [0.3, 0.4) is 0 Å². The fourth-order valence-corrected chi connectivity index (χ4v) is 2.14. The molecule has 0 amide bonds. The first kappa shape index (κ1) is 10.6. The fraction of sp³-hybridized carbons (Fsp3) is 0.583. The average Bonchev–Trinajstić information content (AvgIpc) is 2.66. The van der Waals surface area contributed by atoms with E-state index in [9.17, 15) is 5.11 Å². The normalized spacial score (nSPS) is 25.7. The Morgan fingerprint density at radius 3 is 3.00 bits per heavy atom. The summed E-state index contributed by atoms with van der Waals surface area (Å²) in [6.45, 7) is 1.82. The SMILES string of the molecule is OC1CCC(CNCc2ccccn2)C1. The predicted molar refractivity (Wildman–Crippen MR) is 59.3 cm³/mol. The maximum Gasteiger partial charge on any atom is 0.0543 e. The van der Waals surface area contributed by atoms with E-state index in [0.717, 1.165) is 38.0 Å². The molecule has 2 rings (SSSR count). The largest absolute Gasteiger partial charge is 0.393 e. The monoisotopic (exact) mass is 206 g/mol. The first-order valence-corrected chi connectivity index (χ1v) is 5.63. The summed E-state index contributed by atoms with van der Waals surface area (Å²) in [6.07, 6.45) is 4.82. The van der Waals surface area contributed by atoms with Crippen molar-refractivity contribution < 1.29 is 5.11 Å². The van der Waals surface area contributed by atoms with Crippen LogP contribution in [-0.2, 0) is 6.54 Å². The molecule has 2 N–H and O–H groups in total. The van der Waals surface area contributed by atoms with Crippen LogP contribution in [0.1, 0.15) is 25.0 Å². The summed E-state index contributed by atoms with van der Waals surface area (Å²) < 4.78 is 0. The number of pyridine rings is 1. The standard InChI is InChI=1S/C12H18N2O/c15-12-5-4-10(7-12)8-13-9-11-3-1-2-6-14-11/h1-3,6,10,12-13,15H,4-5,7-9H2. The van der Waals surface area contributed by atoms with Gasteiger partial charge in [0.1, 0.15) is 0 Å². The highest BCUT2D eigenvalue weighted by molar-refractivity contribution is 5.02. The van der Waals surface area contributed by atoms with E-state index in [1.807, 2.05) is 24.4 Å². The van der Waals surface area contributed by atoms with E-state index in [-0.39, 0.29) is 6.10 Å². The summed E-state index contributed by atoms with van der Waals surface area (Å²) in [5.74, 6) is 0.642. The first-order valence-electron chi connectivity index (χ1n) is 5.63. The molecule has 1 heterocycles. The molecule has 1 aliphatic rings. The van der Waals surface area contributed by atoms with E-state index >= 15 is 0 Å². The third-order valence-corrected chi connectivity index (χ3v) is 2.98. The lowest BCUT2D eigenvalue weighted by molar-refractivity contribution is 0.177. The molecule has 1 aliphatic carbocycles. The molecule has 1 fully saturated rings. The number of aliphatic hydroxyl groups excluding tert-OH is 1. The Labute approximate surface area is 90.5 Å². The average molecular weight is 206 g/mol. The zero-order chi connectivity index (χ0) is 10.5. The Morgan fingerprint density at radius 1 is 1.40 bits per heavy atom. The van der Waals surface area contributed by atoms with Gasteiger partial charge in [-0.15, -0.1) is 0 Å². The molecular weight excluding hydrogens is 188 g/mol. The molecule has 2 atom stereocenters. The van der Waals surface area contributed by atoms with Gasteiger partial charge in [-0.1, -0.05) is 6.07 Å². The molecule has 2 unspecified atom stereocenters. The van der Waals surface area contributed by atoms with E-state index in [2.05, 4.69) is 10.3 Å². The van der Waals surface area contributed by atoms with E-state index in [0.29, 0.717) is 5.92 Å². The van der Waals surface area contributed by atoms with Crippen molar-refractivity contribution in [2.24, 2.45) is 5.92 Å². The number of nitrogens with one attached hydrogen (secondary N) is 1. The molecule has 15 heavy (non-hydrogen) atoms. The van der Waals surface area contributed by atoms with Crippen molar-refractivity contribution in [2.45, 2.75) is 31.9 Å². The second-order valence-electron chi connectivity index (χ2n) is 4.28. The minimum Gasteiger partial charge on any atom is -0.393 e. The number of nitrogens with zero attached hydrogens (tertiary/aromatic N) is 1. The molecule has 1 aromatic heterocycles. The fourth-order valence-electron chi connectivity index (χ4n) is 2.14. The van der Waals surface area contributed by atoms with Crippen molar-refractivity contribution in [1.82, 2.24) is 10.3 Å². The van der Waals surface area contributed by atoms with Crippen molar-refractivity contribution in [3.05, 3.63) is 30.1 Å². The molecule has 1 aromatic rings. The second-order valence-corrected chi connectivity index (χ2v) is 4.28. The lowest BCUT2D eigenvalue weighted by Gasteiger charge is -2.10. The van der Waals surface area contributed by atoms with Gasteiger partial charge < -0.3 is 10.4 Å². The smallest absolute Gasteiger partial charge is 0.0543 e. The summed E-state index contributed by atoms with van der Waals surface area (Å²) in [6, 6.07) is 5.96. The number of aromatic nitrogens is 1. The number of hydrogen-bond donors (Lipinski definition) is 2. The van der Waals surface area contributed by atoms with Gasteiger partial charge >= 0.3 is 0 Å². The molecule has 0 aliphatic heterocycles. The molecule has 1 saturated carbocycles. The molecule has 3 nitrogen and oxygen atoms in total. The van der Waals surface area contributed by atoms with Gasteiger partial charge in [-0.2, -0.15) is 0 Å². The molecule has 0 spiro atoms. The lowest BCUT2D eigenvalue weighted by Crippen LogP contribution is -2.21. The van der Waals surface area contributed by atoms with Crippen molar-refractivity contribution in [3.63, 3.8) is 0 Å². The number of rotatable bonds is 4. The quantitative estimate of drug-likeness (QED) is 0.781. The van der Waals surface area contributed by atoms with Crippen LogP contribution in [0.5, 0.6) is 0 Å². The zero-order valence-electron chi connectivity index (χ0n) is 8.89. The molecule has 0 aromatic carbocycles. The van der Waals surface area contributed by atoms with E-state index in [1.54, 1.807) is 0 Å². The minimum atomic E-state index is -0.0633. The van der Waals surface area contributed by atoms with E-state index in [4.69, 9.17) is 0 Å². The van der Waals surface area contributed by atoms with Crippen LogP contribution in [0.4, 0.5) is 0 Å². The Morgan fingerprint density at radius 2 is 2.33 bits per heavy atom. The van der Waals surface area contributed by atoms with Crippen LogP contribution in [0.15, 0.2) is 24.4 Å². The van der Waals surface area contributed by atoms with Crippen molar-refractivity contribution in [1.29, 1.82) is 0 Å². The third kappa shape index (κ3) is 3.29. The maximum absolute atomic E-state index is 9.38. The maximum atomic E-state index is 9.38. The highest BCUT2D eigenvalue weighted by atomic mass is 16.3. The highest BCUT2D eigenvalue weighted by Gasteiger charge is 2.21. The van der Waals surface area contributed by atoms with Gasteiger partial charge in [0.15, 0.2) is 0 Å². The van der Waals surface area contributed by atoms with E-state index in [1.165, 1.54) is 0 Å². The summed E-state index contributed by atoms with van der Waals surface area (Å²) in [4.78, 5) is 4.25. The summed E-state index contributed by atoms with van der Waals surface area (Å²) in [5.41, 5.74) is 1.08. The van der Waals surface area contributed by atoms with Crippen molar-refractivity contribution in [2.75, 3.05) is 6.54 Å². The molecule has 0 radical (unpaired) electrons. The summed E-state index contributed by atoms with van der Waals surface area (Å²) in [7, 11) is 0. The van der Waals surface area contributed by atoms with Gasteiger partial charge in [-0.3, -0.25) is 4.98 Å². The highest BCUT2D eigenvalue weighted by Crippen LogP contribution is 2.24. The zero-order valence-corrected chi connectivity index (χ0v) is 8.89. The van der Waals surface area contributed by atoms with Gasteiger partial charge in [0, 0.05) is 12.7 Å². The van der Waals surface area contributed by atoms with Gasteiger partial charge in [-0.05, 0) is 43.9 Å². The minimum absolute atomic E-state index is 0.0633. The molecule has 82 valence electrons. The Balaban J connectivity index is 1.67. The first-order chi connectivity index (χ1) is 7.34. The Bertz CT molecular complexity index is 289. The van der Waals surface area contributed by atoms with E-state index < -0.39 is 0 Å². The van der Waals surface area contributed by atoms with Crippen molar-refractivity contribution in [3.8, 4) is 0 Å². The van der Waals surface area contributed by atoms with Crippen LogP contribution >= 0.6 is 0 Å². The van der Waals surface area contributed by atoms with Gasteiger partial charge in [0.25, 0.3) is 0 Å². The predicted octanol–water partition coefficient (Wildman–Crippen LogP) is 1.33. The summed E-state index contributed by atoms with van der Waals surface area (Å²) >= 11 is 0. The van der Waals surface area contributed by atoms with Crippen LogP contribution in [0.2, 0.25) is 0 Å². The van der Waals surface area contributed by atoms with Gasteiger partial charge in [0.2, 0.25) is 0 Å². The Kier molecular flexibility index (Phi) is 3.69. The van der Waals surface area contributed by atoms with Crippen molar-refractivity contribution >= 4 is 0 Å². The van der Waals surface area contributed by atoms with Gasteiger partial charge in [-0.25, -0.2) is 0 Å². The number of hydrogen-bond acceptors (Lipinski definition) is 3. The van der Waals surface area contributed by atoms with Crippen LogP contribution in [0, 0.1) is 5.92 Å². The summed E-state index contributed by atoms with van der Waals surface area (Å²) in [5, 5.41) is 12.8. The van der Waals surface area contributed by atoms with Crippen LogP contribution in [0.25, 0.3) is 0 Å². The van der Waals surface area contributed by atoms with Crippen LogP contribution < -0.4 is 5.32 Å². The lowest BCUT2D eigenvalue weighted by atomic mass is 10.1.